The van der Waals surface area contributed by atoms with Crippen molar-refractivity contribution in [1.82, 2.24) is 10.3 Å². The van der Waals surface area contributed by atoms with Crippen molar-refractivity contribution in [3.63, 3.8) is 0 Å². The van der Waals surface area contributed by atoms with E-state index >= 15 is 0 Å². The van der Waals surface area contributed by atoms with Gasteiger partial charge in [-0.15, -0.1) is 0 Å². The summed E-state index contributed by atoms with van der Waals surface area (Å²) in [6.07, 6.45) is 2.57. The molecule has 0 aliphatic rings. The van der Waals surface area contributed by atoms with Crippen molar-refractivity contribution < 1.29 is 4.74 Å². The van der Waals surface area contributed by atoms with E-state index < -0.39 is 0 Å². The minimum atomic E-state index is 0.0797. The van der Waals surface area contributed by atoms with Crippen LogP contribution in [0.25, 0.3) is 0 Å². The average Bonchev–Trinajstić information content (AvgIpc) is 2.49. The molecule has 0 fully saturated rings. The first-order valence-corrected chi connectivity index (χ1v) is 7.09. The van der Waals surface area contributed by atoms with Gasteiger partial charge in [0.25, 0.3) is 0 Å². The number of benzene rings is 1. The highest BCUT2D eigenvalue weighted by molar-refractivity contribution is 6.31. The maximum absolute atomic E-state index is 6.25. The average molecular weight is 291 g/mol. The van der Waals surface area contributed by atoms with Crippen molar-refractivity contribution in [1.29, 1.82) is 0 Å². The molecule has 106 valence electrons. The second kappa shape index (κ2) is 7.27. The first-order chi connectivity index (χ1) is 9.76. The van der Waals surface area contributed by atoms with Crippen molar-refractivity contribution in [2.24, 2.45) is 0 Å². The molecule has 4 heteroatoms. The van der Waals surface area contributed by atoms with Crippen molar-refractivity contribution in [2.45, 2.75) is 19.4 Å². The summed E-state index contributed by atoms with van der Waals surface area (Å²) in [5.74, 6) is 0.797. The van der Waals surface area contributed by atoms with Gasteiger partial charge in [0.1, 0.15) is 5.75 Å². The molecule has 1 aromatic carbocycles. The van der Waals surface area contributed by atoms with Crippen LogP contribution in [0.3, 0.4) is 0 Å². The number of rotatable bonds is 6. The Kier molecular flexibility index (Phi) is 5.39. The Morgan fingerprint density at radius 1 is 1.25 bits per heavy atom. The van der Waals surface area contributed by atoms with Gasteiger partial charge >= 0.3 is 0 Å². The summed E-state index contributed by atoms with van der Waals surface area (Å²) in [7, 11) is 1.67. The van der Waals surface area contributed by atoms with Crippen LogP contribution in [0.5, 0.6) is 5.75 Å². The van der Waals surface area contributed by atoms with Crippen molar-refractivity contribution in [3.8, 4) is 5.75 Å². The molecule has 0 bridgehead atoms. The smallest absolute Gasteiger partial charge is 0.141 e. The number of nitrogens with zero attached hydrogens (tertiary/aromatic N) is 1. The lowest BCUT2D eigenvalue weighted by molar-refractivity contribution is 0.394. The van der Waals surface area contributed by atoms with Crippen LogP contribution >= 0.6 is 11.6 Å². The number of halogens is 1. The van der Waals surface area contributed by atoms with Gasteiger partial charge in [0.05, 0.1) is 18.8 Å². The van der Waals surface area contributed by atoms with E-state index in [0.29, 0.717) is 0 Å². The molecule has 0 radical (unpaired) electrons. The molecule has 0 aliphatic carbocycles. The number of pyridine rings is 1. The Morgan fingerprint density at radius 2 is 2.05 bits per heavy atom. The van der Waals surface area contributed by atoms with Crippen molar-refractivity contribution >= 4 is 11.6 Å². The third kappa shape index (κ3) is 3.50. The van der Waals surface area contributed by atoms with Crippen LogP contribution in [-0.4, -0.2) is 18.6 Å². The molecule has 1 N–H and O–H groups in total. The molecule has 0 saturated carbocycles. The van der Waals surface area contributed by atoms with Crippen LogP contribution in [0.1, 0.15) is 24.2 Å². The van der Waals surface area contributed by atoms with Gasteiger partial charge in [0.15, 0.2) is 0 Å². The van der Waals surface area contributed by atoms with Crippen LogP contribution < -0.4 is 10.1 Å². The molecular weight excluding hydrogens is 272 g/mol. The minimum Gasteiger partial charge on any atom is -0.495 e. The molecule has 1 heterocycles. The standard InChI is InChI=1S/C16H19ClN2O/c1-3-18-14(11-12-7-4-5-8-13(12)17)16-15(20-2)9-6-10-19-16/h4-10,14,18H,3,11H2,1-2H3. The molecule has 0 amide bonds. The third-order valence-corrected chi connectivity index (χ3v) is 3.55. The molecule has 0 aliphatic heterocycles. The monoisotopic (exact) mass is 290 g/mol. The fourth-order valence-electron chi connectivity index (χ4n) is 2.23. The molecule has 1 unspecified atom stereocenters. The van der Waals surface area contributed by atoms with Gasteiger partial charge in [-0.1, -0.05) is 36.7 Å². The van der Waals surface area contributed by atoms with Gasteiger partial charge in [-0.05, 0) is 36.7 Å². The first kappa shape index (κ1) is 14.8. The fraction of sp³-hybridized carbons (Fsp3) is 0.312. The van der Waals surface area contributed by atoms with E-state index in [9.17, 15) is 0 Å². The van der Waals surface area contributed by atoms with E-state index in [-0.39, 0.29) is 6.04 Å². The predicted octanol–water partition coefficient (Wildman–Crippen LogP) is 3.64. The molecule has 3 nitrogen and oxygen atoms in total. The lowest BCUT2D eigenvalue weighted by Crippen LogP contribution is -2.24. The number of aromatic nitrogens is 1. The minimum absolute atomic E-state index is 0.0797. The van der Waals surface area contributed by atoms with Crippen LogP contribution in [-0.2, 0) is 6.42 Å². The summed E-state index contributed by atoms with van der Waals surface area (Å²) in [6, 6.07) is 11.8. The van der Waals surface area contributed by atoms with Gasteiger partial charge < -0.3 is 10.1 Å². The predicted molar refractivity (Wildman–Crippen MR) is 82.4 cm³/mol. The maximum atomic E-state index is 6.25. The summed E-state index contributed by atoms with van der Waals surface area (Å²) in [5.41, 5.74) is 2.02. The van der Waals surface area contributed by atoms with E-state index in [0.717, 1.165) is 35.0 Å². The van der Waals surface area contributed by atoms with Gasteiger partial charge in [-0.2, -0.15) is 0 Å². The Labute approximate surface area is 124 Å². The highest BCUT2D eigenvalue weighted by Gasteiger charge is 2.18. The molecular formula is C16H19ClN2O. The van der Waals surface area contributed by atoms with E-state index in [4.69, 9.17) is 16.3 Å². The van der Waals surface area contributed by atoms with E-state index in [1.807, 2.05) is 36.4 Å². The number of methoxy groups -OCH3 is 1. The first-order valence-electron chi connectivity index (χ1n) is 6.72. The summed E-state index contributed by atoms with van der Waals surface area (Å²) < 4.78 is 5.41. The molecule has 20 heavy (non-hydrogen) atoms. The summed E-state index contributed by atoms with van der Waals surface area (Å²) in [5, 5.41) is 4.23. The normalized spacial score (nSPS) is 12.2. The fourth-order valence-corrected chi connectivity index (χ4v) is 2.45. The molecule has 0 spiro atoms. The molecule has 1 atom stereocenters. The topological polar surface area (TPSA) is 34.2 Å². The van der Waals surface area contributed by atoms with Crippen LogP contribution in [0.2, 0.25) is 5.02 Å². The number of nitrogens with one attached hydrogen (secondary N) is 1. The molecule has 0 saturated heterocycles. The van der Waals surface area contributed by atoms with Crippen molar-refractivity contribution in [3.05, 3.63) is 58.9 Å². The lowest BCUT2D eigenvalue weighted by Gasteiger charge is -2.20. The SMILES string of the molecule is CCNC(Cc1ccccc1Cl)c1ncccc1OC. The number of ether oxygens (including phenoxy) is 1. The zero-order valence-corrected chi connectivity index (χ0v) is 12.5. The zero-order valence-electron chi connectivity index (χ0n) is 11.8. The Balaban J connectivity index is 2.29. The summed E-state index contributed by atoms with van der Waals surface area (Å²) in [6.45, 7) is 2.93. The molecule has 1 aromatic heterocycles. The second-order valence-electron chi connectivity index (χ2n) is 4.50. The third-order valence-electron chi connectivity index (χ3n) is 3.18. The quantitative estimate of drug-likeness (QED) is 0.882. The van der Waals surface area contributed by atoms with Gasteiger partial charge in [0, 0.05) is 11.2 Å². The largest absolute Gasteiger partial charge is 0.495 e. The Bertz CT molecular complexity index is 560. The van der Waals surface area contributed by atoms with E-state index in [1.165, 1.54) is 0 Å². The van der Waals surface area contributed by atoms with Gasteiger partial charge in [-0.3, -0.25) is 4.98 Å². The Hall–Kier alpha value is -1.58. The summed E-state index contributed by atoms with van der Waals surface area (Å²) in [4.78, 5) is 4.46. The Morgan fingerprint density at radius 3 is 2.75 bits per heavy atom. The van der Waals surface area contributed by atoms with Crippen LogP contribution in [0, 0.1) is 0 Å². The van der Waals surface area contributed by atoms with E-state index in [2.05, 4.69) is 17.2 Å². The highest BCUT2D eigenvalue weighted by Crippen LogP contribution is 2.27. The van der Waals surface area contributed by atoms with Gasteiger partial charge in [-0.25, -0.2) is 0 Å². The molecule has 2 rings (SSSR count). The van der Waals surface area contributed by atoms with Crippen molar-refractivity contribution in [2.75, 3.05) is 13.7 Å². The number of hydrogen-bond acceptors (Lipinski definition) is 3. The maximum Gasteiger partial charge on any atom is 0.141 e. The van der Waals surface area contributed by atoms with Crippen LogP contribution in [0.4, 0.5) is 0 Å². The number of hydrogen-bond donors (Lipinski definition) is 1. The second-order valence-corrected chi connectivity index (χ2v) is 4.90. The zero-order chi connectivity index (χ0) is 14.4. The lowest BCUT2D eigenvalue weighted by atomic mass is 10.0. The number of likely N-dealkylation sites (N-methyl/N-ethyl adjacent to an activating group) is 1. The van der Waals surface area contributed by atoms with E-state index in [1.54, 1.807) is 13.3 Å². The van der Waals surface area contributed by atoms with Gasteiger partial charge in [0.2, 0.25) is 0 Å². The summed E-state index contributed by atoms with van der Waals surface area (Å²) >= 11 is 6.25. The highest BCUT2D eigenvalue weighted by atomic mass is 35.5. The molecule has 2 aromatic rings. The van der Waals surface area contributed by atoms with Crippen LogP contribution in [0.15, 0.2) is 42.6 Å².